The predicted molar refractivity (Wildman–Crippen MR) is 135 cm³/mol. The van der Waals surface area contributed by atoms with Gasteiger partial charge in [0.15, 0.2) is 0 Å². The fourth-order valence-corrected chi connectivity index (χ4v) is 4.65. The number of carbonyl (C=O) groups is 1. The Balaban J connectivity index is 2.12. The number of phenols is 1. The van der Waals surface area contributed by atoms with Crippen LogP contribution in [0.4, 0.5) is 0 Å². The number of carbonyl (C=O) groups excluding carboxylic acids is 1. The van der Waals surface area contributed by atoms with Gasteiger partial charge in [-0.3, -0.25) is 0 Å². The van der Waals surface area contributed by atoms with Crippen molar-refractivity contribution in [1.82, 2.24) is 0 Å². The SMILES string of the molecule is CCOC(=O)c1c(-c2ccccc2)c(C#N)c(-c2ccccc2)c2c1cc(O)c1ccccc12. The first kappa shape index (κ1) is 21.2. The number of ether oxygens (including phenoxy) is 1. The number of hydrogen-bond acceptors (Lipinski definition) is 4. The molecule has 4 heteroatoms. The molecule has 0 fully saturated rings. The predicted octanol–water partition coefficient (Wildman–Crippen LogP) is 7.08. The third-order valence-electron chi connectivity index (χ3n) is 6.01. The van der Waals surface area contributed by atoms with Crippen LogP contribution in [0.1, 0.15) is 22.8 Å². The molecule has 0 atom stereocenters. The van der Waals surface area contributed by atoms with Crippen LogP contribution in [0.2, 0.25) is 0 Å². The normalized spacial score (nSPS) is 10.8. The van der Waals surface area contributed by atoms with Gasteiger partial charge in [-0.2, -0.15) is 5.26 Å². The Morgan fingerprint density at radius 2 is 1.38 bits per heavy atom. The Hall–Kier alpha value is -4.62. The van der Waals surface area contributed by atoms with Gasteiger partial charge in [0.2, 0.25) is 0 Å². The van der Waals surface area contributed by atoms with Gasteiger partial charge >= 0.3 is 5.97 Å². The summed E-state index contributed by atoms with van der Waals surface area (Å²) in [4.78, 5) is 13.4. The van der Waals surface area contributed by atoms with Crippen LogP contribution in [0.5, 0.6) is 5.75 Å². The van der Waals surface area contributed by atoms with E-state index >= 15 is 0 Å². The van der Waals surface area contributed by atoms with Crippen molar-refractivity contribution in [2.45, 2.75) is 6.92 Å². The first-order valence-corrected chi connectivity index (χ1v) is 11.1. The van der Waals surface area contributed by atoms with Crippen LogP contribution in [-0.2, 0) is 4.74 Å². The molecule has 4 nitrogen and oxygen atoms in total. The summed E-state index contributed by atoms with van der Waals surface area (Å²) in [5.41, 5.74) is 3.48. The zero-order chi connectivity index (χ0) is 23.7. The minimum atomic E-state index is -0.530. The summed E-state index contributed by atoms with van der Waals surface area (Å²) in [5, 5.41) is 24.1. The van der Waals surface area contributed by atoms with E-state index in [2.05, 4.69) is 6.07 Å². The van der Waals surface area contributed by atoms with Gasteiger partial charge in [-0.25, -0.2) is 4.79 Å². The molecule has 1 N–H and O–H groups in total. The van der Waals surface area contributed by atoms with Gasteiger partial charge in [0.05, 0.1) is 17.7 Å². The third-order valence-corrected chi connectivity index (χ3v) is 6.01. The molecule has 0 aromatic heterocycles. The van der Waals surface area contributed by atoms with Crippen LogP contribution in [0.25, 0.3) is 43.8 Å². The summed E-state index contributed by atoms with van der Waals surface area (Å²) in [6.07, 6.45) is 0. The molecule has 0 aliphatic rings. The van der Waals surface area contributed by atoms with E-state index in [4.69, 9.17) is 4.74 Å². The number of fused-ring (bicyclic) bond motifs is 3. The van der Waals surface area contributed by atoms with E-state index in [9.17, 15) is 15.2 Å². The van der Waals surface area contributed by atoms with Gasteiger partial charge in [-0.05, 0) is 34.9 Å². The van der Waals surface area contributed by atoms with E-state index in [1.165, 1.54) is 0 Å². The Labute approximate surface area is 197 Å². The van der Waals surface area contributed by atoms with Crippen molar-refractivity contribution in [3.8, 4) is 34.1 Å². The number of hydrogen-bond donors (Lipinski definition) is 1. The molecule has 0 unspecified atom stereocenters. The molecule has 5 rings (SSSR count). The topological polar surface area (TPSA) is 70.3 Å². The van der Waals surface area contributed by atoms with Gasteiger partial charge in [0.25, 0.3) is 0 Å². The highest BCUT2D eigenvalue weighted by Gasteiger charge is 2.28. The molecule has 0 heterocycles. The van der Waals surface area contributed by atoms with E-state index in [1.807, 2.05) is 84.9 Å². The molecule has 0 saturated heterocycles. The molecule has 0 amide bonds. The quantitative estimate of drug-likeness (QED) is 0.238. The molecule has 0 aliphatic heterocycles. The fourth-order valence-electron chi connectivity index (χ4n) is 4.65. The minimum Gasteiger partial charge on any atom is -0.507 e. The van der Waals surface area contributed by atoms with E-state index < -0.39 is 5.97 Å². The molecule has 0 radical (unpaired) electrons. The van der Waals surface area contributed by atoms with Gasteiger partial charge in [-0.15, -0.1) is 0 Å². The average Bonchev–Trinajstić information content (AvgIpc) is 2.88. The Morgan fingerprint density at radius 1 is 0.824 bits per heavy atom. The van der Waals surface area contributed by atoms with Crippen molar-refractivity contribution in [3.05, 3.63) is 102 Å². The smallest absolute Gasteiger partial charge is 0.339 e. The molecule has 0 spiro atoms. The first-order valence-electron chi connectivity index (χ1n) is 11.1. The van der Waals surface area contributed by atoms with E-state index in [0.29, 0.717) is 21.9 Å². The van der Waals surface area contributed by atoms with Crippen LogP contribution < -0.4 is 0 Å². The molecule has 5 aromatic rings. The lowest BCUT2D eigenvalue weighted by Crippen LogP contribution is -2.10. The lowest BCUT2D eigenvalue weighted by atomic mass is 9.82. The lowest BCUT2D eigenvalue weighted by molar-refractivity contribution is 0.0529. The van der Waals surface area contributed by atoms with E-state index in [-0.39, 0.29) is 17.9 Å². The summed E-state index contributed by atoms with van der Waals surface area (Å²) >= 11 is 0. The summed E-state index contributed by atoms with van der Waals surface area (Å²) in [6.45, 7) is 1.94. The van der Waals surface area contributed by atoms with Gasteiger partial charge < -0.3 is 9.84 Å². The molecule has 5 aromatic carbocycles. The highest BCUT2D eigenvalue weighted by atomic mass is 16.5. The number of nitriles is 1. The molecule has 0 bridgehead atoms. The number of nitrogens with zero attached hydrogens (tertiary/aromatic N) is 1. The highest BCUT2D eigenvalue weighted by molar-refractivity contribution is 6.25. The summed E-state index contributed by atoms with van der Waals surface area (Å²) in [7, 11) is 0. The van der Waals surface area contributed by atoms with Crippen molar-refractivity contribution >= 4 is 27.5 Å². The zero-order valence-electron chi connectivity index (χ0n) is 18.6. The van der Waals surface area contributed by atoms with Crippen molar-refractivity contribution in [3.63, 3.8) is 0 Å². The molecule has 34 heavy (non-hydrogen) atoms. The van der Waals surface area contributed by atoms with Crippen molar-refractivity contribution in [2.24, 2.45) is 0 Å². The molecule has 0 aliphatic carbocycles. The number of esters is 1. The lowest BCUT2D eigenvalue weighted by Gasteiger charge is -2.21. The summed E-state index contributed by atoms with van der Waals surface area (Å²) in [5.74, 6) is -0.464. The van der Waals surface area contributed by atoms with E-state index in [1.54, 1.807) is 13.0 Å². The number of aromatic hydroxyl groups is 1. The zero-order valence-corrected chi connectivity index (χ0v) is 18.6. The second-order valence-electron chi connectivity index (χ2n) is 7.93. The van der Waals surface area contributed by atoms with Gasteiger partial charge in [-0.1, -0.05) is 84.9 Å². The molecular weight excluding hydrogens is 422 g/mol. The van der Waals surface area contributed by atoms with Crippen LogP contribution in [0.3, 0.4) is 0 Å². The van der Waals surface area contributed by atoms with Gasteiger partial charge in [0, 0.05) is 21.9 Å². The fraction of sp³-hybridized carbons (Fsp3) is 0.0667. The Kier molecular flexibility index (Phi) is 5.45. The first-order chi connectivity index (χ1) is 16.7. The standard InChI is InChI=1S/C30H21NO3/c1-2-34-30(33)29-23-17-25(32)21-15-9-10-16-22(21)28(23)26(19-11-5-3-6-12-19)24(18-31)27(29)20-13-7-4-8-14-20/h3-17,32H,2H2,1H3. The third kappa shape index (κ3) is 3.35. The summed E-state index contributed by atoms with van der Waals surface area (Å²) in [6, 6.07) is 30.5. The minimum absolute atomic E-state index is 0.0661. The van der Waals surface area contributed by atoms with Crippen molar-refractivity contribution in [1.29, 1.82) is 5.26 Å². The monoisotopic (exact) mass is 443 g/mol. The van der Waals surface area contributed by atoms with Crippen LogP contribution in [0.15, 0.2) is 91.0 Å². The van der Waals surface area contributed by atoms with Crippen molar-refractivity contribution in [2.75, 3.05) is 6.61 Å². The second kappa shape index (κ2) is 8.73. The van der Waals surface area contributed by atoms with E-state index in [0.717, 1.165) is 27.5 Å². The Morgan fingerprint density at radius 3 is 1.97 bits per heavy atom. The maximum Gasteiger partial charge on any atom is 0.339 e. The average molecular weight is 444 g/mol. The maximum absolute atomic E-state index is 13.4. The number of phenolic OH excluding ortho intramolecular Hbond substituents is 1. The highest BCUT2D eigenvalue weighted by Crippen LogP contribution is 2.46. The van der Waals surface area contributed by atoms with Crippen LogP contribution in [-0.4, -0.2) is 17.7 Å². The molecular formula is C30H21NO3. The Bertz CT molecular complexity index is 1580. The van der Waals surface area contributed by atoms with Gasteiger partial charge in [0.1, 0.15) is 11.8 Å². The maximum atomic E-state index is 13.4. The van der Waals surface area contributed by atoms with Crippen molar-refractivity contribution < 1.29 is 14.6 Å². The molecule has 164 valence electrons. The number of benzene rings is 5. The number of rotatable bonds is 4. The second-order valence-corrected chi connectivity index (χ2v) is 7.93. The van der Waals surface area contributed by atoms with Crippen LogP contribution >= 0.6 is 0 Å². The summed E-state index contributed by atoms with van der Waals surface area (Å²) < 4.78 is 5.47. The molecule has 0 saturated carbocycles. The van der Waals surface area contributed by atoms with Crippen LogP contribution in [0, 0.1) is 11.3 Å². The largest absolute Gasteiger partial charge is 0.507 e.